The minimum Gasteiger partial charge on any atom is -0.477 e. The molecule has 0 spiro atoms. The Hall–Kier alpha value is -1.84. The highest BCUT2D eigenvalue weighted by Crippen LogP contribution is 2.09. The van der Waals surface area contributed by atoms with Crippen LogP contribution in [0.25, 0.3) is 5.52 Å². The maximum Gasteiger partial charge on any atom is 0.352 e. The van der Waals surface area contributed by atoms with E-state index in [0.29, 0.717) is 5.82 Å². The summed E-state index contributed by atoms with van der Waals surface area (Å²) in [6.45, 7) is 1.78. The summed E-state index contributed by atoms with van der Waals surface area (Å²) in [7, 11) is 0. The van der Waals surface area contributed by atoms with Gasteiger partial charge in [0.25, 0.3) is 0 Å². The Morgan fingerprint density at radius 2 is 2.31 bits per heavy atom. The Morgan fingerprint density at radius 1 is 1.54 bits per heavy atom. The quantitative estimate of drug-likeness (QED) is 0.713. The molecule has 2 rings (SSSR count). The molecule has 4 nitrogen and oxygen atoms in total. The summed E-state index contributed by atoms with van der Waals surface area (Å²) in [4.78, 5) is 14.9. The number of pyridine rings is 1. The number of aromatic carboxylic acids is 1. The molecule has 2 heterocycles. The standard InChI is InChI=1S/C9H8N2O2/c1-6-10-5-7-3-2-4-8(9(12)13)11(6)7/h2-5H,1H3,(H,12,13). The number of carbonyl (C=O) groups is 1. The lowest BCUT2D eigenvalue weighted by molar-refractivity contribution is 0.0688. The molecule has 0 fully saturated rings. The Kier molecular flexibility index (Phi) is 1.55. The molecule has 0 saturated carbocycles. The van der Waals surface area contributed by atoms with Crippen molar-refractivity contribution in [2.24, 2.45) is 0 Å². The van der Waals surface area contributed by atoms with Crippen LogP contribution in [0, 0.1) is 6.92 Å². The van der Waals surface area contributed by atoms with Gasteiger partial charge >= 0.3 is 5.97 Å². The highest BCUT2D eigenvalue weighted by Gasteiger charge is 2.09. The molecule has 0 aliphatic carbocycles. The molecule has 0 unspecified atom stereocenters. The first-order chi connectivity index (χ1) is 6.20. The number of rotatable bonds is 1. The van der Waals surface area contributed by atoms with Crippen LogP contribution >= 0.6 is 0 Å². The van der Waals surface area contributed by atoms with Gasteiger partial charge in [-0.25, -0.2) is 9.78 Å². The zero-order valence-electron chi connectivity index (χ0n) is 7.06. The van der Waals surface area contributed by atoms with E-state index in [-0.39, 0.29) is 5.69 Å². The van der Waals surface area contributed by atoms with Gasteiger partial charge in [0, 0.05) is 0 Å². The van der Waals surface area contributed by atoms with Gasteiger partial charge < -0.3 is 5.11 Å². The molecule has 66 valence electrons. The average Bonchev–Trinajstić information content (AvgIpc) is 2.48. The lowest BCUT2D eigenvalue weighted by atomic mass is 10.3. The molecular formula is C9H8N2O2. The largest absolute Gasteiger partial charge is 0.477 e. The molecule has 0 amide bonds. The van der Waals surface area contributed by atoms with Gasteiger partial charge in [0.1, 0.15) is 11.5 Å². The molecule has 2 aromatic rings. The van der Waals surface area contributed by atoms with E-state index in [1.54, 1.807) is 29.7 Å². The number of fused-ring (bicyclic) bond motifs is 1. The van der Waals surface area contributed by atoms with E-state index >= 15 is 0 Å². The molecule has 2 aromatic heterocycles. The molecule has 0 atom stereocenters. The topological polar surface area (TPSA) is 54.6 Å². The third-order valence-corrected chi connectivity index (χ3v) is 1.95. The van der Waals surface area contributed by atoms with Crippen molar-refractivity contribution < 1.29 is 9.90 Å². The van der Waals surface area contributed by atoms with Crippen molar-refractivity contribution in [3.63, 3.8) is 0 Å². The van der Waals surface area contributed by atoms with E-state index in [1.807, 2.05) is 6.07 Å². The van der Waals surface area contributed by atoms with Crippen LogP contribution in [0.5, 0.6) is 0 Å². The van der Waals surface area contributed by atoms with Gasteiger partial charge in [-0.1, -0.05) is 6.07 Å². The number of hydrogen-bond acceptors (Lipinski definition) is 2. The van der Waals surface area contributed by atoms with Gasteiger partial charge in [-0.2, -0.15) is 0 Å². The van der Waals surface area contributed by atoms with Crippen LogP contribution in [0.3, 0.4) is 0 Å². The van der Waals surface area contributed by atoms with Crippen molar-refractivity contribution in [3.05, 3.63) is 35.9 Å². The third kappa shape index (κ3) is 1.07. The molecule has 0 aliphatic heterocycles. The highest BCUT2D eigenvalue weighted by atomic mass is 16.4. The van der Waals surface area contributed by atoms with Crippen LogP contribution in [0.1, 0.15) is 16.3 Å². The molecule has 0 radical (unpaired) electrons. The van der Waals surface area contributed by atoms with E-state index in [4.69, 9.17) is 5.11 Å². The minimum atomic E-state index is -0.938. The maximum absolute atomic E-state index is 10.8. The number of aryl methyl sites for hydroxylation is 1. The zero-order valence-corrected chi connectivity index (χ0v) is 7.06. The molecule has 0 aromatic carbocycles. The number of nitrogens with zero attached hydrogens (tertiary/aromatic N) is 2. The maximum atomic E-state index is 10.8. The number of carboxylic acids is 1. The second kappa shape index (κ2) is 2.58. The number of carboxylic acid groups (broad SMARTS) is 1. The van der Waals surface area contributed by atoms with Gasteiger partial charge in [-0.05, 0) is 19.1 Å². The summed E-state index contributed by atoms with van der Waals surface area (Å²) in [6, 6.07) is 5.09. The van der Waals surface area contributed by atoms with E-state index in [9.17, 15) is 4.79 Å². The normalized spacial score (nSPS) is 10.5. The van der Waals surface area contributed by atoms with Crippen LogP contribution in [0.4, 0.5) is 0 Å². The Morgan fingerprint density at radius 3 is 3.00 bits per heavy atom. The van der Waals surface area contributed by atoms with Crippen molar-refractivity contribution in [1.29, 1.82) is 0 Å². The van der Waals surface area contributed by atoms with Crippen molar-refractivity contribution in [2.45, 2.75) is 6.92 Å². The van der Waals surface area contributed by atoms with E-state index in [1.165, 1.54) is 0 Å². The van der Waals surface area contributed by atoms with Crippen molar-refractivity contribution in [3.8, 4) is 0 Å². The molecular weight excluding hydrogens is 168 g/mol. The summed E-state index contributed by atoms with van der Waals surface area (Å²) in [5, 5.41) is 8.88. The first-order valence-electron chi connectivity index (χ1n) is 3.86. The van der Waals surface area contributed by atoms with Gasteiger partial charge in [0.15, 0.2) is 0 Å². The fourth-order valence-electron chi connectivity index (χ4n) is 1.37. The fraction of sp³-hybridized carbons (Fsp3) is 0.111. The summed E-state index contributed by atoms with van der Waals surface area (Å²) in [5.74, 6) is -0.250. The Balaban J connectivity index is 2.88. The molecule has 0 bridgehead atoms. The van der Waals surface area contributed by atoms with Gasteiger partial charge in [0.05, 0.1) is 11.7 Å². The van der Waals surface area contributed by atoms with E-state index < -0.39 is 5.97 Å². The van der Waals surface area contributed by atoms with Crippen molar-refractivity contribution in [2.75, 3.05) is 0 Å². The Bertz CT molecular complexity index is 473. The molecule has 4 heteroatoms. The van der Waals surface area contributed by atoms with E-state index in [0.717, 1.165) is 5.52 Å². The summed E-state index contributed by atoms with van der Waals surface area (Å²) in [5.41, 5.74) is 1.05. The van der Waals surface area contributed by atoms with Gasteiger partial charge in [-0.15, -0.1) is 0 Å². The molecule has 0 saturated heterocycles. The lowest BCUT2D eigenvalue weighted by Gasteiger charge is -2.00. The number of hydrogen-bond donors (Lipinski definition) is 1. The minimum absolute atomic E-state index is 0.243. The number of imidazole rings is 1. The van der Waals surface area contributed by atoms with Crippen LogP contribution < -0.4 is 0 Å². The van der Waals surface area contributed by atoms with Crippen molar-refractivity contribution >= 4 is 11.5 Å². The summed E-state index contributed by atoms with van der Waals surface area (Å²) >= 11 is 0. The van der Waals surface area contributed by atoms with E-state index in [2.05, 4.69) is 4.98 Å². The first-order valence-corrected chi connectivity index (χ1v) is 3.86. The zero-order chi connectivity index (χ0) is 9.42. The average molecular weight is 176 g/mol. The van der Waals surface area contributed by atoms with Crippen LogP contribution in [0.15, 0.2) is 24.4 Å². The molecule has 13 heavy (non-hydrogen) atoms. The Labute approximate surface area is 74.5 Å². The van der Waals surface area contributed by atoms with Crippen molar-refractivity contribution in [1.82, 2.24) is 9.38 Å². The predicted octanol–water partition coefficient (Wildman–Crippen LogP) is 1.34. The van der Waals surface area contributed by atoms with Crippen LogP contribution in [0.2, 0.25) is 0 Å². The van der Waals surface area contributed by atoms with Crippen LogP contribution in [-0.4, -0.2) is 20.5 Å². The second-order valence-corrected chi connectivity index (χ2v) is 2.78. The lowest BCUT2D eigenvalue weighted by Crippen LogP contribution is -2.05. The monoisotopic (exact) mass is 176 g/mol. The SMILES string of the molecule is Cc1ncc2cccc(C(=O)O)n12. The third-order valence-electron chi connectivity index (χ3n) is 1.95. The second-order valence-electron chi connectivity index (χ2n) is 2.78. The first kappa shape index (κ1) is 7.79. The predicted molar refractivity (Wildman–Crippen MR) is 46.9 cm³/mol. The smallest absolute Gasteiger partial charge is 0.352 e. The van der Waals surface area contributed by atoms with Gasteiger partial charge in [-0.3, -0.25) is 4.40 Å². The molecule has 0 aliphatic rings. The van der Waals surface area contributed by atoms with Crippen LogP contribution in [-0.2, 0) is 0 Å². The fourth-order valence-corrected chi connectivity index (χ4v) is 1.37. The van der Waals surface area contributed by atoms with Gasteiger partial charge in [0.2, 0.25) is 0 Å². The molecule has 1 N–H and O–H groups in total. The summed E-state index contributed by atoms with van der Waals surface area (Å²) in [6.07, 6.45) is 1.65. The highest BCUT2D eigenvalue weighted by molar-refractivity contribution is 5.86. The summed E-state index contributed by atoms with van der Waals surface area (Å²) < 4.78 is 1.61. The number of aromatic nitrogens is 2.